The number of carbonyl (C=O) groups is 2. The highest BCUT2D eigenvalue weighted by molar-refractivity contribution is 5.76. The van der Waals surface area contributed by atoms with Gasteiger partial charge in [0.2, 0.25) is 5.91 Å². The van der Waals surface area contributed by atoms with Crippen LogP contribution in [0.5, 0.6) is 0 Å². The van der Waals surface area contributed by atoms with Crippen LogP contribution in [0.1, 0.15) is 483 Å². The van der Waals surface area contributed by atoms with Crippen LogP contribution in [0, 0.1) is 0 Å². The fourth-order valence-corrected chi connectivity index (χ4v) is 13.6. The molecule has 0 bridgehead atoms. The normalized spacial score (nSPS) is 12.5. The van der Waals surface area contributed by atoms with Crippen molar-refractivity contribution >= 4 is 11.9 Å². The number of hydrogen-bond acceptors (Lipinski definition) is 5. The molecule has 0 aromatic heterocycles. The van der Waals surface area contributed by atoms with Gasteiger partial charge in [-0.05, 0) is 77.0 Å². The first-order chi connectivity index (χ1) is 45.0. The first-order valence-corrected chi connectivity index (χ1v) is 42.1. The minimum atomic E-state index is -0.662. The molecule has 2 unspecified atom stereocenters. The Morgan fingerprint density at radius 2 is 0.516 bits per heavy atom. The number of esters is 1. The van der Waals surface area contributed by atoms with Crippen molar-refractivity contribution in [2.75, 3.05) is 13.2 Å². The zero-order valence-corrected chi connectivity index (χ0v) is 62.1. The van der Waals surface area contributed by atoms with Gasteiger partial charge < -0.3 is 20.3 Å². The monoisotopic (exact) mass is 1280 g/mol. The summed E-state index contributed by atoms with van der Waals surface area (Å²) in [5, 5.41) is 23.5. The third kappa shape index (κ3) is 77.2. The molecule has 91 heavy (non-hydrogen) atoms. The van der Waals surface area contributed by atoms with Crippen molar-refractivity contribution in [3.63, 3.8) is 0 Å². The second-order valence-electron chi connectivity index (χ2n) is 29.2. The van der Waals surface area contributed by atoms with Gasteiger partial charge in [0.25, 0.3) is 0 Å². The third-order valence-electron chi connectivity index (χ3n) is 20.0. The molecule has 6 nitrogen and oxygen atoms in total. The molecule has 0 spiro atoms. The quantitative estimate of drug-likeness (QED) is 0.0320. The predicted octanol–water partition coefficient (Wildman–Crippen LogP) is 28.0. The molecule has 0 rings (SSSR count). The lowest BCUT2D eigenvalue weighted by Crippen LogP contribution is -2.45. The maximum Gasteiger partial charge on any atom is 0.305 e. The predicted molar refractivity (Wildman–Crippen MR) is 403 cm³/mol. The van der Waals surface area contributed by atoms with Crippen LogP contribution < -0.4 is 5.32 Å². The van der Waals surface area contributed by atoms with Gasteiger partial charge in [0.1, 0.15) is 0 Å². The number of hydrogen-bond donors (Lipinski definition) is 3. The maximum atomic E-state index is 12.6. The van der Waals surface area contributed by atoms with Crippen LogP contribution in [0.15, 0.2) is 24.3 Å². The van der Waals surface area contributed by atoms with Gasteiger partial charge in [-0.15, -0.1) is 0 Å². The van der Waals surface area contributed by atoms with Crippen molar-refractivity contribution in [3.8, 4) is 0 Å². The molecule has 0 radical (unpaired) electrons. The standard InChI is InChI=1S/C85H165NO5/c1-3-5-7-9-11-13-15-17-18-19-20-21-39-42-45-48-51-54-57-61-65-69-73-77-83(88)82(81-87)86-84(89)78-74-70-66-62-58-55-52-49-46-43-40-37-35-33-31-29-27-25-23-22-24-26-28-30-32-34-36-38-41-44-47-50-53-56-60-64-68-72-76-80-91-85(90)79-75-71-67-63-59-16-14-12-10-8-6-4-2/h12,14,22-23,82-83,87-88H,3-11,13,15-21,24-81H2,1-2H3,(H,86,89)/b14-12-,23-22-. The lowest BCUT2D eigenvalue weighted by Gasteiger charge is -2.22. The zero-order valence-electron chi connectivity index (χ0n) is 62.1. The molecule has 540 valence electrons. The zero-order chi connectivity index (χ0) is 65.6. The number of amides is 1. The Balaban J connectivity index is 3.33. The van der Waals surface area contributed by atoms with Crippen LogP contribution in [0.2, 0.25) is 0 Å². The van der Waals surface area contributed by atoms with Gasteiger partial charge in [-0.25, -0.2) is 0 Å². The molecule has 1 amide bonds. The summed E-state index contributed by atoms with van der Waals surface area (Å²) in [6.45, 7) is 4.98. The second-order valence-corrected chi connectivity index (χ2v) is 29.2. The van der Waals surface area contributed by atoms with E-state index in [-0.39, 0.29) is 18.5 Å². The SMILES string of the molecule is CCCCC/C=C\CCCCCCCC(=O)OCCCCCCCCCCCCCCCCCCCC/C=C\CCCCCCCCCCCCCCCCCCCC(=O)NC(CO)C(O)CCCCCCCCCCCCCCCCCCCCCCCCC. The fourth-order valence-electron chi connectivity index (χ4n) is 13.6. The molecular weight excluding hydrogens is 1110 g/mol. The Labute approximate surface area is 571 Å². The van der Waals surface area contributed by atoms with Crippen LogP contribution in [-0.4, -0.2) is 47.4 Å². The summed E-state index contributed by atoms with van der Waals surface area (Å²) in [5.74, 6) is -0.0114. The largest absolute Gasteiger partial charge is 0.466 e. The number of aliphatic hydroxyl groups is 2. The van der Waals surface area contributed by atoms with Gasteiger partial charge in [0.05, 0.1) is 25.4 Å². The van der Waals surface area contributed by atoms with E-state index < -0.39 is 12.1 Å². The van der Waals surface area contributed by atoms with Crippen LogP contribution in [-0.2, 0) is 14.3 Å². The Kier molecular flexibility index (Phi) is 79.3. The molecule has 0 aromatic carbocycles. The van der Waals surface area contributed by atoms with Crippen molar-refractivity contribution in [3.05, 3.63) is 24.3 Å². The van der Waals surface area contributed by atoms with E-state index in [4.69, 9.17) is 4.74 Å². The molecule has 0 saturated heterocycles. The van der Waals surface area contributed by atoms with Crippen molar-refractivity contribution in [2.24, 2.45) is 0 Å². The van der Waals surface area contributed by atoms with Crippen molar-refractivity contribution in [1.29, 1.82) is 0 Å². The Bertz CT molecular complexity index is 1430. The van der Waals surface area contributed by atoms with E-state index in [1.807, 2.05) is 0 Å². The number of ether oxygens (including phenoxy) is 1. The van der Waals surface area contributed by atoms with E-state index in [0.717, 1.165) is 44.9 Å². The minimum absolute atomic E-state index is 0.0132. The van der Waals surface area contributed by atoms with Gasteiger partial charge in [0, 0.05) is 12.8 Å². The lowest BCUT2D eigenvalue weighted by atomic mass is 10.0. The van der Waals surface area contributed by atoms with Gasteiger partial charge in [0.15, 0.2) is 0 Å². The number of aliphatic hydroxyl groups excluding tert-OH is 2. The van der Waals surface area contributed by atoms with Crippen molar-refractivity contribution in [2.45, 2.75) is 495 Å². The molecule has 3 N–H and O–H groups in total. The average molecular weight is 1280 g/mol. The van der Waals surface area contributed by atoms with Crippen LogP contribution in [0.3, 0.4) is 0 Å². The molecule has 0 aromatic rings. The summed E-state index contributed by atoms with van der Waals surface area (Å²) in [4.78, 5) is 24.6. The van der Waals surface area contributed by atoms with Gasteiger partial charge in [-0.3, -0.25) is 9.59 Å². The first-order valence-electron chi connectivity index (χ1n) is 42.1. The van der Waals surface area contributed by atoms with Gasteiger partial charge >= 0.3 is 5.97 Å². The molecule has 2 atom stereocenters. The summed E-state index contributed by atoms with van der Waals surface area (Å²) in [7, 11) is 0. The summed E-state index contributed by atoms with van der Waals surface area (Å²) < 4.78 is 5.48. The third-order valence-corrected chi connectivity index (χ3v) is 20.0. The van der Waals surface area contributed by atoms with Crippen LogP contribution >= 0.6 is 0 Å². The molecule has 6 heteroatoms. The Hall–Kier alpha value is -1.66. The number of nitrogens with one attached hydrogen (secondary N) is 1. The van der Waals surface area contributed by atoms with E-state index in [2.05, 4.69) is 43.5 Å². The minimum Gasteiger partial charge on any atom is -0.466 e. The summed E-state index contributed by atoms with van der Waals surface area (Å²) in [5.41, 5.74) is 0. The number of rotatable bonds is 80. The molecular formula is C85H165NO5. The van der Waals surface area contributed by atoms with Crippen molar-refractivity contribution in [1.82, 2.24) is 5.32 Å². The first kappa shape index (κ1) is 89.3. The highest BCUT2D eigenvalue weighted by Gasteiger charge is 2.20. The summed E-state index contributed by atoms with van der Waals surface area (Å²) in [6.07, 6.45) is 104. The number of carbonyl (C=O) groups excluding carboxylic acids is 2. The summed E-state index contributed by atoms with van der Waals surface area (Å²) in [6, 6.07) is -0.539. The van der Waals surface area contributed by atoms with E-state index in [1.165, 1.54) is 405 Å². The molecule has 0 heterocycles. The fraction of sp³-hybridized carbons (Fsp3) is 0.929. The van der Waals surface area contributed by atoms with Crippen LogP contribution in [0.4, 0.5) is 0 Å². The van der Waals surface area contributed by atoms with Gasteiger partial charge in [-0.2, -0.15) is 0 Å². The number of allylic oxidation sites excluding steroid dienone is 4. The highest BCUT2D eigenvalue weighted by atomic mass is 16.5. The number of unbranched alkanes of at least 4 members (excludes halogenated alkanes) is 65. The summed E-state index contributed by atoms with van der Waals surface area (Å²) >= 11 is 0. The van der Waals surface area contributed by atoms with E-state index in [9.17, 15) is 19.8 Å². The smallest absolute Gasteiger partial charge is 0.305 e. The van der Waals surface area contributed by atoms with Gasteiger partial charge in [-0.1, -0.05) is 417 Å². The van der Waals surface area contributed by atoms with E-state index in [0.29, 0.717) is 25.9 Å². The lowest BCUT2D eigenvalue weighted by molar-refractivity contribution is -0.143. The second kappa shape index (κ2) is 80.8. The molecule has 0 saturated carbocycles. The Morgan fingerprint density at radius 3 is 0.802 bits per heavy atom. The van der Waals surface area contributed by atoms with Crippen LogP contribution in [0.25, 0.3) is 0 Å². The topological polar surface area (TPSA) is 95.9 Å². The van der Waals surface area contributed by atoms with Crippen molar-refractivity contribution < 1.29 is 24.5 Å². The molecule has 0 aliphatic rings. The molecule has 0 fully saturated rings. The highest BCUT2D eigenvalue weighted by Crippen LogP contribution is 2.21. The Morgan fingerprint density at radius 1 is 0.297 bits per heavy atom. The van der Waals surface area contributed by atoms with E-state index >= 15 is 0 Å². The maximum absolute atomic E-state index is 12.6. The molecule has 0 aliphatic heterocycles. The average Bonchev–Trinajstić information content (AvgIpc) is 3.69. The van der Waals surface area contributed by atoms with E-state index in [1.54, 1.807) is 0 Å². The molecule has 0 aliphatic carbocycles.